The number of nitrogens with one attached hydrogen (secondary N) is 4. The van der Waals surface area contributed by atoms with Gasteiger partial charge in [0, 0.05) is 66.8 Å². The molecule has 0 aliphatic heterocycles. The highest BCUT2D eigenvalue weighted by Crippen LogP contribution is 2.33. The molecule has 0 atom stereocenters. The molecule has 1 aromatic carbocycles. The summed E-state index contributed by atoms with van der Waals surface area (Å²) < 4.78 is 14.6. The molecule has 0 aliphatic rings. The third-order valence-corrected chi connectivity index (χ3v) is 6.84. The van der Waals surface area contributed by atoms with Gasteiger partial charge in [-0.15, -0.1) is 0 Å². The van der Waals surface area contributed by atoms with Crippen molar-refractivity contribution in [1.29, 1.82) is 0 Å². The average Bonchev–Trinajstić information content (AvgIpc) is 3.59. The van der Waals surface area contributed by atoms with Gasteiger partial charge in [-0.1, -0.05) is 6.92 Å². The van der Waals surface area contributed by atoms with E-state index in [0.717, 1.165) is 52.8 Å². The van der Waals surface area contributed by atoms with Gasteiger partial charge in [-0.25, -0.2) is 14.4 Å². The second-order valence-corrected chi connectivity index (χ2v) is 10.2. The molecular formula is C30H31FN10. The van der Waals surface area contributed by atoms with Crippen LogP contribution < -0.4 is 10.6 Å². The van der Waals surface area contributed by atoms with Crippen LogP contribution in [0, 0.1) is 5.82 Å². The zero-order valence-corrected chi connectivity index (χ0v) is 23.2. The van der Waals surface area contributed by atoms with Gasteiger partial charge in [-0.05, 0) is 62.1 Å². The predicted molar refractivity (Wildman–Crippen MR) is 160 cm³/mol. The number of benzene rings is 1. The maximum Gasteiger partial charge on any atom is 0.181 e. The summed E-state index contributed by atoms with van der Waals surface area (Å²) >= 11 is 0. The van der Waals surface area contributed by atoms with E-state index in [0.29, 0.717) is 40.5 Å². The number of rotatable bonds is 10. The van der Waals surface area contributed by atoms with Crippen molar-refractivity contribution in [2.45, 2.75) is 13.5 Å². The van der Waals surface area contributed by atoms with Crippen LogP contribution in [-0.2, 0) is 6.54 Å². The Hall–Kier alpha value is -4.74. The molecule has 0 fully saturated rings. The number of aromatic nitrogens is 7. The second-order valence-electron chi connectivity index (χ2n) is 10.2. The van der Waals surface area contributed by atoms with Crippen LogP contribution in [0.1, 0.15) is 12.5 Å². The lowest BCUT2D eigenvalue weighted by molar-refractivity contribution is 0.425. The molecule has 0 radical (unpaired) electrons. The first kappa shape index (κ1) is 26.5. The van der Waals surface area contributed by atoms with E-state index >= 15 is 0 Å². The zero-order chi connectivity index (χ0) is 28.3. The first-order valence-electron chi connectivity index (χ1n) is 13.5. The highest BCUT2D eigenvalue weighted by atomic mass is 19.1. The molecule has 41 heavy (non-hydrogen) atoms. The van der Waals surface area contributed by atoms with Crippen molar-refractivity contribution in [3.8, 4) is 33.8 Å². The fourth-order valence-electron chi connectivity index (χ4n) is 4.78. The van der Waals surface area contributed by atoms with Gasteiger partial charge in [0.25, 0.3) is 0 Å². The molecule has 0 aliphatic carbocycles. The molecule has 5 aromatic heterocycles. The minimum Gasteiger partial charge on any atom is -0.384 e. The van der Waals surface area contributed by atoms with E-state index in [1.54, 1.807) is 18.6 Å². The third-order valence-electron chi connectivity index (χ3n) is 6.84. The summed E-state index contributed by atoms with van der Waals surface area (Å²) in [6, 6.07) is 9.07. The number of hydrogen-bond acceptors (Lipinski definition) is 8. The number of fused-ring (bicyclic) bond motifs is 2. The molecular weight excluding hydrogens is 519 g/mol. The highest BCUT2D eigenvalue weighted by molar-refractivity contribution is 5.97. The van der Waals surface area contributed by atoms with Crippen molar-refractivity contribution in [1.82, 2.24) is 45.3 Å². The Morgan fingerprint density at radius 1 is 0.927 bits per heavy atom. The number of H-pyrrole nitrogens is 2. The molecule has 4 N–H and O–H groups in total. The van der Waals surface area contributed by atoms with Crippen LogP contribution in [0.4, 0.5) is 10.1 Å². The first-order chi connectivity index (χ1) is 20.0. The van der Waals surface area contributed by atoms with Crippen molar-refractivity contribution in [2.75, 3.05) is 39.0 Å². The normalized spacial score (nSPS) is 11.6. The topological polar surface area (TPSA) is 123 Å². The van der Waals surface area contributed by atoms with Crippen LogP contribution >= 0.6 is 0 Å². The highest BCUT2D eigenvalue weighted by Gasteiger charge is 2.17. The molecule has 5 heterocycles. The largest absolute Gasteiger partial charge is 0.384 e. The van der Waals surface area contributed by atoms with Gasteiger partial charge in [-0.3, -0.25) is 15.1 Å². The minimum absolute atomic E-state index is 0.329. The molecule has 11 heteroatoms. The quantitative estimate of drug-likeness (QED) is 0.191. The number of nitrogens with zero attached hydrogens (tertiary/aromatic N) is 6. The summed E-state index contributed by atoms with van der Waals surface area (Å²) in [6.07, 6.45) is 8.93. The number of hydrogen-bond donors (Lipinski definition) is 4. The molecule has 0 saturated heterocycles. The Labute approximate surface area is 236 Å². The van der Waals surface area contributed by atoms with Crippen LogP contribution in [0.2, 0.25) is 0 Å². The Morgan fingerprint density at radius 3 is 2.63 bits per heavy atom. The summed E-state index contributed by atoms with van der Waals surface area (Å²) in [7, 11) is 4.00. The van der Waals surface area contributed by atoms with Gasteiger partial charge in [0.05, 0.1) is 22.6 Å². The molecule has 0 bridgehead atoms. The van der Waals surface area contributed by atoms with Gasteiger partial charge in [0.2, 0.25) is 0 Å². The van der Waals surface area contributed by atoms with Crippen molar-refractivity contribution in [2.24, 2.45) is 0 Å². The number of pyridine rings is 3. The molecule has 6 aromatic rings. The third kappa shape index (κ3) is 5.63. The van der Waals surface area contributed by atoms with E-state index in [2.05, 4.69) is 58.7 Å². The van der Waals surface area contributed by atoms with Crippen LogP contribution in [0.15, 0.2) is 61.3 Å². The van der Waals surface area contributed by atoms with Crippen molar-refractivity contribution in [3.05, 3.63) is 72.7 Å². The molecule has 6 rings (SSSR count). The lowest BCUT2D eigenvalue weighted by Gasteiger charge is -2.12. The predicted octanol–water partition coefficient (Wildman–Crippen LogP) is 4.85. The van der Waals surface area contributed by atoms with Crippen LogP contribution in [-0.4, -0.2) is 73.7 Å². The Bertz CT molecular complexity index is 1820. The van der Waals surface area contributed by atoms with E-state index in [9.17, 15) is 4.39 Å². The van der Waals surface area contributed by atoms with Crippen molar-refractivity contribution >= 4 is 27.8 Å². The van der Waals surface area contributed by atoms with Gasteiger partial charge < -0.3 is 20.5 Å². The SMILES string of the molecule is CCNCc1cncc(-c2cnc3n[nH]c(-c4nc5c(-c6cc(F)cc(NCCN(C)C)c6)cncc5[nH]4)c3c2)c1. The summed E-state index contributed by atoms with van der Waals surface area (Å²) in [6.45, 7) is 5.24. The Kier molecular flexibility index (Phi) is 7.36. The number of halogens is 1. The maximum absolute atomic E-state index is 14.6. The molecule has 0 unspecified atom stereocenters. The number of imidazole rings is 1. The monoisotopic (exact) mass is 550 g/mol. The lowest BCUT2D eigenvalue weighted by atomic mass is 10.1. The van der Waals surface area contributed by atoms with Gasteiger partial charge >= 0.3 is 0 Å². The van der Waals surface area contributed by atoms with Crippen LogP contribution in [0.25, 0.3) is 55.8 Å². The zero-order valence-electron chi connectivity index (χ0n) is 23.2. The van der Waals surface area contributed by atoms with Crippen molar-refractivity contribution in [3.63, 3.8) is 0 Å². The van der Waals surface area contributed by atoms with Gasteiger partial charge in [0.1, 0.15) is 11.5 Å². The van der Waals surface area contributed by atoms with E-state index in [1.165, 1.54) is 12.1 Å². The Balaban J connectivity index is 1.37. The smallest absolute Gasteiger partial charge is 0.181 e. The number of anilines is 1. The summed E-state index contributed by atoms with van der Waals surface area (Å²) in [4.78, 5) is 23.7. The number of likely N-dealkylation sites (N-methyl/N-ethyl adjacent to an activating group) is 1. The van der Waals surface area contributed by atoms with E-state index in [4.69, 9.17) is 4.98 Å². The van der Waals surface area contributed by atoms with Gasteiger partial charge in [0.15, 0.2) is 11.5 Å². The molecule has 0 saturated carbocycles. The van der Waals surface area contributed by atoms with Gasteiger partial charge in [-0.2, -0.15) is 5.10 Å². The lowest BCUT2D eigenvalue weighted by Crippen LogP contribution is -2.20. The molecule has 0 spiro atoms. The standard InChI is InChI=1S/C30H31FN10/c1-4-32-12-18-7-20(14-33-13-18)21-10-24-28(39-40-29(24)36-15-21)30-37-26-17-34-16-25(27(26)38-30)19-8-22(31)11-23(9-19)35-5-6-41(2)3/h7-11,13-17,32,35H,4-6,12H2,1-3H3,(H,37,38)(H,36,39,40). The summed E-state index contributed by atoms with van der Waals surface area (Å²) in [5.74, 6) is 0.264. The molecule has 208 valence electrons. The average molecular weight is 551 g/mol. The van der Waals surface area contributed by atoms with Crippen LogP contribution in [0.5, 0.6) is 0 Å². The fourth-order valence-corrected chi connectivity index (χ4v) is 4.78. The number of aromatic amines is 2. The summed E-state index contributed by atoms with van der Waals surface area (Å²) in [5.41, 5.74) is 7.83. The van der Waals surface area contributed by atoms with Crippen molar-refractivity contribution < 1.29 is 4.39 Å². The molecule has 0 amide bonds. The Morgan fingerprint density at radius 2 is 1.78 bits per heavy atom. The van der Waals surface area contributed by atoms with E-state index in [-0.39, 0.29) is 5.82 Å². The van der Waals surface area contributed by atoms with Crippen LogP contribution in [0.3, 0.4) is 0 Å². The molecule has 10 nitrogen and oxygen atoms in total. The summed E-state index contributed by atoms with van der Waals surface area (Å²) in [5, 5.41) is 15.0. The minimum atomic E-state index is -0.329. The fraction of sp³-hybridized carbons (Fsp3) is 0.233. The maximum atomic E-state index is 14.6. The van der Waals surface area contributed by atoms with E-state index < -0.39 is 0 Å². The van der Waals surface area contributed by atoms with E-state index in [1.807, 2.05) is 38.6 Å². The first-order valence-corrected chi connectivity index (χ1v) is 13.5. The second kappa shape index (κ2) is 11.4.